The highest BCUT2D eigenvalue weighted by Crippen LogP contribution is 2.27. The van der Waals surface area contributed by atoms with Gasteiger partial charge in [0.15, 0.2) is 0 Å². The van der Waals surface area contributed by atoms with E-state index in [0.717, 1.165) is 19.3 Å². The van der Waals surface area contributed by atoms with E-state index in [1.807, 2.05) is 18.2 Å². The van der Waals surface area contributed by atoms with E-state index in [0.29, 0.717) is 25.6 Å². The van der Waals surface area contributed by atoms with Gasteiger partial charge in [0.05, 0.1) is 12.0 Å². The molecule has 2 aliphatic rings. The molecule has 25 heavy (non-hydrogen) atoms. The smallest absolute Gasteiger partial charge is 0.225 e. The molecule has 1 saturated heterocycles. The topological polar surface area (TPSA) is 69.6 Å². The minimum absolute atomic E-state index is 0.0485. The van der Waals surface area contributed by atoms with Crippen molar-refractivity contribution in [3.8, 4) is 0 Å². The molecular formula is C20H28N2O3. The number of carbonyl (C=O) groups is 2. The van der Waals surface area contributed by atoms with E-state index in [9.17, 15) is 14.7 Å². The maximum atomic E-state index is 12.3. The molecule has 2 amide bonds. The Balaban J connectivity index is 1.42. The Labute approximate surface area is 149 Å². The second kappa shape index (κ2) is 8.48. The Bertz CT molecular complexity index is 584. The second-order valence-electron chi connectivity index (χ2n) is 7.33. The lowest BCUT2D eigenvalue weighted by atomic mass is 10.0. The monoisotopic (exact) mass is 344 g/mol. The summed E-state index contributed by atoms with van der Waals surface area (Å²) in [7, 11) is 0. The van der Waals surface area contributed by atoms with E-state index in [-0.39, 0.29) is 24.2 Å². The highest BCUT2D eigenvalue weighted by atomic mass is 16.3. The van der Waals surface area contributed by atoms with Gasteiger partial charge < -0.3 is 15.3 Å². The minimum atomic E-state index is -0.460. The third kappa shape index (κ3) is 4.82. The van der Waals surface area contributed by atoms with E-state index >= 15 is 0 Å². The molecule has 1 aliphatic heterocycles. The Hall–Kier alpha value is -1.88. The van der Waals surface area contributed by atoms with Gasteiger partial charge in [-0.2, -0.15) is 0 Å². The summed E-state index contributed by atoms with van der Waals surface area (Å²) in [6, 6.07) is 10.1. The number of amides is 2. The summed E-state index contributed by atoms with van der Waals surface area (Å²) in [5, 5.41) is 13.0. The van der Waals surface area contributed by atoms with Crippen LogP contribution < -0.4 is 5.32 Å². The molecule has 1 saturated carbocycles. The molecule has 2 fully saturated rings. The van der Waals surface area contributed by atoms with Crippen LogP contribution in [0.3, 0.4) is 0 Å². The molecule has 0 aromatic heterocycles. The number of aliphatic hydroxyl groups is 1. The van der Waals surface area contributed by atoms with Gasteiger partial charge in [0, 0.05) is 26.1 Å². The van der Waals surface area contributed by atoms with Crippen molar-refractivity contribution in [1.29, 1.82) is 0 Å². The van der Waals surface area contributed by atoms with Crippen LogP contribution in [-0.2, 0) is 16.0 Å². The fraction of sp³-hybridized carbons (Fsp3) is 0.600. The number of hydrogen-bond acceptors (Lipinski definition) is 3. The summed E-state index contributed by atoms with van der Waals surface area (Å²) in [4.78, 5) is 26.3. The van der Waals surface area contributed by atoms with Crippen LogP contribution in [-0.4, -0.2) is 47.6 Å². The van der Waals surface area contributed by atoms with Crippen molar-refractivity contribution < 1.29 is 14.7 Å². The van der Waals surface area contributed by atoms with Gasteiger partial charge in [0.25, 0.3) is 0 Å². The highest BCUT2D eigenvalue weighted by molar-refractivity contribution is 5.89. The van der Waals surface area contributed by atoms with Crippen molar-refractivity contribution in [3.05, 3.63) is 35.9 Å². The van der Waals surface area contributed by atoms with E-state index in [1.54, 1.807) is 4.90 Å². The van der Waals surface area contributed by atoms with E-state index < -0.39 is 6.10 Å². The van der Waals surface area contributed by atoms with Gasteiger partial charge in [-0.15, -0.1) is 0 Å². The normalized spacial score (nSPS) is 22.4. The van der Waals surface area contributed by atoms with Crippen LogP contribution in [0.15, 0.2) is 30.3 Å². The zero-order chi connectivity index (χ0) is 17.6. The molecule has 3 rings (SSSR count). The van der Waals surface area contributed by atoms with Crippen molar-refractivity contribution in [2.45, 2.75) is 44.6 Å². The molecule has 1 aliphatic carbocycles. The quantitative estimate of drug-likeness (QED) is 0.792. The molecule has 1 aromatic rings. The minimum Gasteiger partial charge on any atom is -0.391 e. The summed E-state index contributed by atoms with van der Waals surface area (Å²) in [5.74, 6) is -0.0352. The lowest BCUT2D eigenvalue weighted by molar-refractivity contribution is -0.129. The summed E-state index contributed by atoms with van der Waals surface area (Å²) in [6.07, 6.45) is 5.06. The Morgan fingerprint density at radius 3 is 2.68 bits per heavy atom. The highest BCUT2D eigenvalue weighted by Gasteiger charge is 2.34. The van der Waals surface area contributed by atoms with Crippen LogP contribution in [0.1, 0.15) is 37.7 Å². The molecule has 5 heteroatoms. The number of likely N-dealkylation sites (tertiary alicyclic amines) is 1. The van der Waals surface area contributed by atoms with E-state index in [1.165, 1.54) is 18.4 Å². The lowest BCUT2D eigenvalue weighted by Crippen LogP contribution is -2.39. The Kier molecular flexibility index (Phi) is 6.08. The Morgan fingerprint density at radius 1 is 1.24 bits per heavy atom. The average Bonchev–Trinajstić information content (AvgIpc) is 3.28. The number of nitrogens with zero attached hydrogens (tertiary/aromatic N) is 1. The van der Waals surface area contributed by atoms with Crippen molar-refractivity contribution in [1.82, 2.24) is 10.2 Å². The van der Waals surface area contributed by atoms with Crippen LogP contribution in [0.5, 0.6) is 0 Å². The van der Waals surface area contributed by atoms with E-state index in [4.69, 9.17) is 0 Å². The lowest BCUT2D eigenvalue weighted by Gasteiger charge is -2.20. The van der Waals surface area contributed by atoms with Crippen LogP contribution in [0.2, 0.25) is 0 Å². The summed E-state index contributed by atoms with van der Waals surface area (Å²) in [5.41, 5.74) is 1.20. The van der Waals surface area contributed by atoms with Gasteiger partial charge in [-0.1, -0.05) is 43.2 Å². The van der Waals surface area contributed by atoms with Gasteiger partial charge in [0.2, 0.25) is 11.8 Å². The molecule has 5 nitrogen and oxygen atoms in total. The first-order valence-electron chi connectivity index (χ1n) is 9.41. The molecule has 136 valence electrons. The predicted molar refractivity (Wildman–Crippen MR) is 95.8 cm³/mol. The molecule has 1 aromatic carbocycles. The van der Waals surface area contributed by atoms with Gasteiger partial charge in [0.1, 0.15) is 0 Å². The van der Waals surface area contributed by atoms with Crippen LogP contribution in [0.25, 0.3) is 0 Å². The maximum absolute atomic E-state index is 12.3. The first-order chi connectivity index (χ1) is 12.1. The van der Waals surface area contributed by atoms with Crippen molar-refractivity contribution in [3.63, 3.8) is 0 Å². The van der Waals surface area contributed by atoms with E-state index in [2.05, 4.69) is 17.4 Å². The molecule has 0 spiro atoms. The third-order valence-electron chi connectivity index (χ3n) is 5.53. The molecule has 2 unspecified atom stereocenters. The molecule has 2 N–H and O–H groups in total. The summed E-state index contributed by atoms with van der Waals surface area (Å²) >= 11 is 0. The SMILES string of the molecule is O=C(NCC(O)C1CCCC1)C1CC(=O)N(CCc2ccccc2)C1. The average molecular weight is 344 g/mol. The molecule has 0 bridgehead atoms. The molecule has 1 heterocycles. The summed E-state index contributed by atoms with van der Waals surface area (Å²) in [6.45, 7) is 1.44. The number of aliphatic hydroxyl groups excluding tert-OH is 1. The van der Waals surface area contributed by atoms with Crippen molar-refractivity contribution in [2.75, 3.05) is 19.6 Å². The largest absolute Gasteiger partial charge is 0.391 e. The fourth-order valence-electron chi connectivity index (χ4n) is 3.93. The standard InChI is InChI=1S/C20H28N2O3/c23-18(16-8-4-5-9-16)13-21-20(25)17-12-19(24)22(14-17)11-10-15-6-2-1-3-7-15/h1-3,6-7,16-18,23H,4-5,8-14H2,(H,21,25). The number of hydrogen-bond donors (Lipinski definition) is 2. The van der Waals surface area contributed by atoms with Gasteiger partial charge in [-0.05, 0) is 30.7 Å². The molecular weight excluding hydrogens is 316 g/mol. The van der Waals surface area contributed by atoms with Crippen molar-refractivity contribution in [2.24, 2.45) is 11.8 Å². The second-order valence-corrected chi connectivity index (χ2v) is 7.33. The zero-order valence-electron chi connectivity index (χ0n) is 14.7. The van der Waals surface area contributed by atoms with Crippen LogP contribution in [0.4, 0.5) is 0 Å². The first kappa shape index (κ1) is 17.9. The fourth-order valence-corrected chi connectivity index (χ4v) is 3.93. The Morgan fingerprint density at radius 2 is 1.96 bits per heavy atom. The number of rotatable bonds is 7. The number of carbonyl (C=O) groups excluding carboxylic acids is 2. The maximum Gasteiger partial charge on any atom is 0.225 e. The number of nitrogens with one attached hydrogen (secondary N) is 1. The molecule has 2 atom stereocenters. The third-order valence-corrected chi connectivity index (χ3v) is 5.53. The predicted octanol–water partition coefficient (Wildman–Crippen LogP) is 1.74. The summed E-state index contributed by atoms with van der Waals surface area (Å²) < 4.78 is 0. The van der Waals surface area contributed by atoms with Crippen molar-refractivity contribution >= 4 is 11.8 Å². The molecule has 0 radical (unpaired) electrons. The van der Waals surface area contributed by atoms with Crippen LogP contribution in [0, 0.1) is 11.8 Å². The van der Waals surface area contributed by atoms with Gasteiger partial charge in [-0.3, -0.25) is 9.59 Å². The number of benzene rings is 1. The van der Waals surface area contributed by atoms with Gasteiger partial charge in [-0.25, -0.2) is 0 Å². The zero-order valence-corrected chi connectivity index (χ0v) is 14.7. The van der Waals surface area contributed by atoms with Gasteiger partial charge >= 0.3 is 0 Å². The van der Waals surface area contributed by atoms with Crippen LogP contribution >= 0.6 is 0 Å². The first-order valence-corrected chi connectivity index (χ1v) is 9.41.